The van der Waals surface area contributed by atoms with Gasteiger partial charge in [-0.15, -0.1) is 0 Å². The average Bonchev–Trinajstić information content (AvgIpc) is 2.57. The SMILES string of the molecule is CO[C@H](CNC(=O)C(=O)Nc1cccnc1)c1ccccc1C. The molecule has 0 aliphatic rings. The molecule has 0 unspecified atom stereocenters. The van der Waals surface area contributed by atoms with Crippen molar-refractivity contribution in [1.29, 1.82) is 0 Å². The largest absolute Gasteiger partial charge is 0.375 e. The number of anilines is 1. The normalized spacial score (nSPS) is 11.6. The number of carbonyl (C=O) groups excluding carboxylic acids is 2. The van der Waals surface area contributed by atoms with E-state index in [0.29, 0.717) is 5.69 Å². The minimum Gasteiger partial charge on any atom is -0.375 e. The minimum absolute atomic E-state index is 0.209. The number of hydrogen-bond donors (Lipinski definition) is 2. The van der Waals surface area contributed by atoms with Gasteiger partial charge < -0.3 is 15.4 Å². The van der Waals surface area contributed by atoms with Crippen LogP contribution in [0.2, 0.25) is 0 Å². The highest BCUT2D eigenvalue weighted by molar-refractivity contribution is 6.39. The number of benzene rings is 1. The fourth-order valence-corrected chi connectivity index (χ4v) is 2.16. The highest BCUT2D eigenvalue weighted by Gasteiger charge is 2.18. The molecule has 0 saturated carbocycles. The Labute approximate surface area is 134 Å². The lowest BCUT2D eigenvalue weighted by molar-refractivity contribution is -0.136. The molecule has 1 aromatic heterocycles. The molecule has 0 saturated heterocycles. The van der Waals surface area contributed by atoms with Crippen molar-refractivity contribution in [1.82, 2.24) is 10.3 Å². The molecule has 0 spiro atoms. The Morgan fingerprint density at radius 3 is 2.61 bits per heavy atom. The zero-order valence-electron chi connectivity index (χ0n) is 13.1. The van der Waals surface area contributed by atoms with Crippen LogP contribution in [0.3, 0.4) is 0 Å². The van der Waals surface area contributed by atoms with Crippen molar-refractivity contribution in [2.45, 2.75) is 13.0 Å². The summed E-state index contributed by atoms with van der Waals surface area (Å²) in [5.74, 6) is -1.46. The molecule has 6 nitrogen and oxygen atoms in total. The van der Waals surface area contributed by atoms with Crippen molar-refractivity contribution in [3.05, 3.63) is 59.9 Å². The van der Waals surface area contributed by atoms with Gasteiger partial charge in [0.25, 0.3) is 0 Å². The molecule has 0 aliphatic heterocycles. The van der Waals surface area contributed by atoms with E-state index in [9.17, 15) is 9.59 Å². The maximum atomic E-state index is 11.9. The molecule has 2 rings (SSSR count). The van der Waals surface area contributed by atoms with Gasteiger partial charge in [-0.3, -0.25) is 14.6 Å². The number of aryl methyl sites for hydroxylation is 1. The van der Waals surface area contributed by atoms with Gasteiger partial charge in [-0.2, -0.15) is 0 Å². The number of carbonyl (C=O) groups is 2. The summed E-state index contributed by atoms with van der Waals surface area (Å²) < 4.78 is 5.41. The summed E-state index contributed by atoms with van der Waals surface area (Å²) in [7, 11) is 1.57. The van der Waals surface area contributed by atoms with Gasteiger partial charge in [-0.25, -0.2) is 0 Å². The van der Waals surface area contributed by atoms with Crippen LogP contribution >= 0.6 is 0 Å². The van der Waals surface area contributed by atoms with E-state index >= 15 is 0 Å². The maximum absolute atomic E-state index is 11.9. The van der Waals surface area contributed by atoms with Crippen molar-refractivity contribution in [3.8, 4) is 0 Å². The summed E-state index contributed by atoms with van der Waals surface area (Å²) >= 11 is 0. The molecule has 0 aliphatic carbocycles. The predicted molar refractivity (Wildman–Crippen MR) is 86.8 cm³/mol. The first-order valence-corrected chi connectivity index (χ1v) is 7.19. The van der Waals surface area contributed by atoms with Crippen LogP contribution < -0.4 is 10.6 Å². The van der Waals surface area contributed by atoms with Gasteiger partial charge in [0, 0.05) is 19.9 Å². The maximum Gasteiger partial charge on any atom is 0.313 e. The first-order chi connectivity index (χ1) is 11.1. The molecular formula is C17H19N3O3. The summed E-state index contributed by atoms with van der Waals surface area (Å²) in [6.45, 7) is 2.18. The third kappa shape index (κ3) is 4.62. The number of ether oxygens (including phenoxy) is 1. The van der Waals surface area contributed by atoms with Gasteiger partial charge in [0.2, 0.25) is 0 Å². The van der Waals surface area contributed by atoms with Gasteiger partial charge in [-0.1, -0.05) is 24.3 Å². The Morgan fingerprint density at radius 1 is 1.17 bits per heavy atom. The number of nitrogens with zero attached hydrogens (tertiary/aromatic N) is 1. The predicted octanol–water partition coefficient (Wildman–Crippen LogP) is 1.83. The van der Waals surface area contributed by atoms with Gasteiger partial charge in [-0.05, 0) is 30.2 Å². The molecule has 120 valence electrons. The lowest BCUT2D eigenvalue weighted by Gasteiger charge is -2.18. The van der Waals surface area contributed by atoms with E-state index in [2.05, 4.69) is 15.6 Å². The van der Waals surface area contributed by atoms with Crippen LogP contribution in [0.4, 0.5) is 5.69 Å². The van der Waals surface area contributed by atoms with E-state index in [1.54, 1.807) is 25.4 Å². The van der Waals surface area contributed by atoms with E-state index in [-0.39, 0.29) is 12.6 Å². The quantitative estimate of drug-likeness (QED) is 0.825. The second-order valence-electron chi connectivity index (χ2n) is 4.99. The standard InChI is InChI=1S/C17H19N3O3/c1-12-6-3-4-8-14(12)15(23-2)11-19-16(21)17(22)20-13-7-5-9-18-10-13/h3-10,15H,11H2,1-2H3,(H,19,21)(H,20,22)/t15-/m1/s1. The lowest BCUT2D eigenvalue weighted by atomic mass is 10.0. The molecule has 2 N–H and O–H groups in total. The Hall–Kier alpha value is -2.73. The van der Waals surface area contributed by atoms with Crippen molar-refractivity contribution in [2.75, 3.05) is 19.0 Å². The molecule has 23 heavy (non-hydrogen) atoms. The van der Waals surface area contributed by atoms with Crippen LogP contribution in [0.1, 0.15) is 17.2 Å². The van der Waals surface area contributed by atoms with Crippen molar-refractivity contribution < 1.29 is 14.3 Å². The smallest absolute Gasteiger partial charge is 0.313 e. The Bertz CT molecular complexity index is 674. The van der Waals surface area contributed by atoms with Crippen LogP contribution in [-0.4, -0.2) is 30.5 Å². The molecular weight excluding hydrogens is 294 g/mol. The Kier molecular flexibility index (Phi) is 5.82. The van der Waals surface area contributed by atoms with E-state index in [4.69, 9.17) is 4.74 Å². The summed E-state index contributed by atoms with van der Waals surface area (Å²) in [6, 6.07) is 11.1. The fraction of sp³-hybridized carbons (Fsp3) is 0.235. The number of aromatic nitrogens is 1. The molecule has 0 fully saturated rings. The molecule has 0 bridgehead atoms. The van der Waals surface area contributed by atoms with Crippen molar-refractivity contribution in [3.63, 3.8) is 0 Å². The molecule has 2 aromatic rings. The van der Waals surface area contributed by atoms with Gasteiger partial charge in [0.1, 0.15) is 0 Å². The van der Waals surface area contributed by atoms with Crippen LogP contribution in [0.15, 0.2) is 48.8 Å². The highest BCUT2D eigenvalue weighted by atomic mass is 16.5. The molecule has 1 heterocycles. The first kappa shape index (κ1) is 16.6. The zero-order chi connectivity index (χ0) is 16.7. The number of pyridine rings is 1. The summed E-state index contributed by atoms with van der Waals surface area (Å²) in [6.07, 6.45) is 2.74. The lowest BCUT2D eigenvalue weighted by Crippen LogP contribution is -2.38. The van der Waals surface area contributed by atoms with Crippen LogP contribution in [-0.2, 0) is 14.3 Å². The van der Waals surface area contributed by atoms with Crippen LogP contribution in [0.5, 0.6) is 0 Å². The monoisotopic (exact) mass is 313 g/mol. The third-order valence-corrected chi connectivity index (χ3v) is 3.39. The average molecular weight is 313 g/mol. The summed E-state index contributed by atoms with van der Waals surface area (Å²) in [5, 5.41) is 5.06. The molecule has 1 atom stereocenters. The second-order valence-corrected chi connectivity index (χ2v) is 4.99. The second kappa shape index (κ2) is 8.05. The number of amides is 2. The van der Waals surface area contributed by atoms with Crippen molar-refractivity contribution >= 4 is 17.5 Å². The van der Waals surface area contributed by atoms with E-state index in [0.717, 1.165) is 11.1 Å². The van der Waals surface area contributed by atoms with Crippen LogP contribution in [0.25, 0.3) is 0 Å². The fourth-order valence-electron chi connectivity index (χ4n) is 2.16. The Balaban J connectivity index is 1.92. The number of methoxy groups -OCH3 is 1. The topological polar surface area (TPSA) is 80.3 Å². The molecule has 6 heteroatoms. The third-order valence-electron chi connectivity index (χ3n) is 3.39. The summed E-state index contributed by atoms with van der Waals surface area (Å²) in [5.41, 5.74) is 2.51. The molecule has 1 aromatic carbocycles. The minimum atomic E-state index is -0.738. The Morgan fingerprint density at radius 2 is 1.96 bits per heavy atom. The first-order valence-electron chi connectivity index (χ1n) is 7.19. The number of hydrogen-bond acceptors (Lipinski definition) is 4. The van der Waals surface area contributed by atoms with Gasteiger partial charge in [0.15, 0.2) is 0 Å². The highest BCUT2D eigenvalue weighted by Crippen LogP contribution is 2.19. The van der Waals surface area contributed by atoms with Crippen LogP contribution in [0, 0.1) is 6.92 Å². The van der Waals surface area contributed by atoms with Gasteiger partial charge >= 0.3 is 11.8 Å². The summed E-state index contributed by atoms with van der Waals surface area (Å²) in [4.78, 5) is 27.6. The number of rotatable bonds is 5. The zero-order valence-corrected chi connectivity index (χ0v) is 13.1. The van der Waals surface area contributed by atoms with Gasteiger partial charge in [0.05, 0.1) is 18.0 Å². The van der Waals surface area contributed by atoms with E-state index in [1.807, 2.05) is 31.2 Å². The molecule has 2 amide bonds. The van der Waals surface area contributed by atoms with Crippen molar-refractivity contribution in [2.24, 2.45) is 0 Å². The van der Waals surface area contributed by atoms with E-state index < -0.39 is 11.8 Å². The van der Waals surface area contributed by atoms with E-state index in [1.165, 1.54) is 6.20 Å². The number of nitrogens with one attached hydrogen (secondary N) is 2. The molecule has 0 radical (unpaired) electrons.